The van der Waals surface area contributed by atoms with Crippen LogP contribution in [0.3, 0.4) is 0 Å². The third kappa shape index (κ3) is 4.25. The highest BCUT2D eigenvalue weighted by atomic mass is 16.3. The summed E-state index contributed by atoms with van der Waals surface area (Å²) in [6, 6.07) is 26.1. The molecule has 0 saturated heterocycles. The maximum atomic E-state index is 10.3. The maximum absolute atomic E-state index is 10.3. The fourth-order valence-corrected chi connectivity index (χ4v) is 3.64. The minimum Gasteiger partial charge on any atom is -0.507 e. The molecule has 30 heavy (non-hydrogen) atoms. The van der Waals surface area contributed by atoms with Gasteiger partial charge < -0.3 is 5.11 Å². The number of fused-ring (bicyclic) bond motifs is 1. The summed E-state index contributed by atoms with van der Waals surface area (Å²) in [5.41, 5.74) is 4.65. The third-order valence-electron chi connectivity index (χ3n) is 5.14. The largest absolute Gasteiger partial charge is 0.507 e. The Morgan fingerprint density at radius 2 is 1.60 bits per heavy atom. The lowest BCUT2D eigenvalue weighted by Gasteiger charge is -2.23. The zero-order chi connectivity index (χ0) is 21.1. The number of para-hydroxylation sites is 1. The molecule has 3 nitrogen and oxygen atoms in total. The average molecular weight is 395 g/mol. The van der Waals surface area contributed by atoms with Crippen LogP contribution in [0.5, 0.6) is 5.75 Å². The molecule has 150 valence electrons. The molecule has 0 aliphatic rings. The zero-order valence-corrected chi connectivity index (χ0v) is 17.6. The Kier molecular flexibility index (Phi) is 5.37. The van der Waals surface area contributed by atoms with Crippen molar-refractivity contribution in [2.75, 3.05) is 0 Å². The number of hydrogen-bond donors (Lipinski definition) is 1. The molecule has 1 aromatic heterocycles. The van der Waals surface area contributed by atoms with Crippen molar-refractivity contribution >= 4 is 16.5 Å². The van der Waals surface area contributed by atoms with Crippen molar-refractivity contribution in [3.05, 3.63) is 96.2 Å². The van der Waals surface area contributed by atoms with Crippen LogP contribution in [0, 0.1) is 5.41 Å². The summed E-state index contributed by atoms with van der Waals surface area (Å²) >= 11 is 0. The Bertz CT molecular complexity index is 1220. The van der Waals surface area contributed by atoms with Gasteiger partial charge in [0.25, 0.3) is 0 Å². The molecule has 0 spiro atoms. The summed E-state index contributed by atoms with van der Waals surface area (Å²) in [7, 11) is 0. The topological polar surface area (TPSA) is 45.5 Å². The molecule has 0 amide bonds. The Morgan fingerprint density at radius 1 is 0.867 bits per heavy atom. The molecule has 4 rings (SSSR count). The SMILES string of the molecule is CC(C)(C)C(=NCc1cccc(-c2cc3ccccc3cn2)c1)c1ccccc1O. The summed E-state index contributed by atoms with van der Waals surface area (Å²) < 4.78 is 0. The molecule has 0 saturated carbocycles. The van der Waals surface area contributed by atoms with Crippen molar-refractivity contribution in [2.24, 2.45) is 10.4 Å². The van der Waals surface area contributed by atoms with Crippen LogP contribution in [0.15, 0.2) is 90.1 Å². The van der Waals surface area contributed by atoms with Crippen LogP contribution in [0.2, 0.25) is 0 Å². The van der Waals surface area contributed by atoms with Crippen molar-refractivity contribution in [1.29, 1.82) is 0 Å². The van der Waals surface area contributed by atoms with Gasteiger partial charge >= 0.3 is 0 Å². The van der Waals surface area contributed by atoms with Gasteiger partial charge in [-0.3, -0.25) is 9.98 Å². The predicted octanol–water partition coefficient (Wildman–Crippen LogP) is 6.64. The van der Waals surface area contributed by atoms with Crippen LogP contribution in [0.4, 0.5) is 0 Å². The molecule has 0 atom stereocenters. The van der Waals surface area contributed by atoms with Gasteiger partial charge in [-0.1, -0.05) is 75.4 Å². The highest BCUT2D eigenvalue weighted by Gasteiger charge is 2.22. The number of pyridine rings is 1. The fourth-order valence-electron chi connectivity index (χ4n) is 3.64. The zero-order valence-electron chi connectivity index (χ0n) is 17.6. The predicted molar refractivity (Wildman–Crippen MR) is 125 cm³/mol. The average Bonchev–Trinajstić information content (AvgIpc) is 2.74. The quantitative estimate of drug-likeness (QED) is 0.394. The first-order valence-corrected chi connectivity index (χ1v) is 10.2. The van der Waals surface area contributed by atoms with Crippen molar-refractivity contribution in [1.82, 2.24) is 4.98 Å². The molecule has 3 aromatic carbocycles. The molecular weight excluding hydrogens is 368 g/mol. The Balaban J connectivity index is 1.67. The number of aromatic nitrogens is 1. The molecule has 0 fully saturated rings. The number of aromatic hydroxyl groups is 1. The number of rotatable bonds is 4. The van der Waals surface area contributed by atoms with Gasteiger partial charge in [0.1, 0.15) is 5.75 Å². The standard InChI is InChI=1S/C27H26N2O/c1-27(2,3)26(23-13-6-7-14-25(23)30)29-17-19-9-8-12-21(15-19)24-16-20-10-4-5-11-22(20)18-28-24/h4-16,18,30H,17H2,1-3H3. The van der Waals surface area contributed by atoms with Gasteiger partial charge in [0, 0.05) is 28.1 Å². The Labute approximate surface area is 177 Å². The summed E-state index contributed by atoms with van der Waals surface area (Å²) in [6.45, 7) is 6.90. The monoisotopic (exact) mass is 394 g/mol. The fraction of sp³-hybridized carbons (Fsp3) is 0.185. The maximum Gasteiger partial charge on any atom is 0.124 e. The molecule has 1 heterocycles. The molecule has 0 aliphatic heterocycles. The second kappa shape index (κ2) is 8.11. The van der Waals surface area contributed by atoms with Crippen molar-refractivity contribution in [3.8, 4) is 17.0 Å². The van der Waals surface area contributed by atoms with Crippen LogP contribution < -0.4 is 0 Å². The van der Waals surface area contributed by atoms with E-state index in [0.717, 1.165) is 33.5 Å². The first kappa shape index (κ1) is 19.8. The van der Waals surface area contributed by atoms with Crippen molar-refractivity contribution in [2.45, 2.75) is 27.3 Å². The molecule has 1 N–H and O–H groups in total. The van der Waals surface area contributed by atoms with Gasteiger partial charge in [0.2, 0.25) is 0 Å². The van der Waals surface area contributed by atoms with Crippen molar-refractivity contribution < 1.29 is 5.11 Å². The second-order valence-electron chi connectivity index (χ2n) is 8.55. The Hall–Kier alpha value is -3.46. The van der Waals surface area contributed by atoms with E-state index >= 15 is 0 Å². The third-order valence-corrected chi connectivity index (χ3v) is 5.14. The lowest BCUT2D eigenvalue weighted by atomic mass is 9.85. The van der Waals surface area contributed by atoms with E-state index in [9.17, 15) is 5.11 Å². The molecule has 0 radical (unpaired) electrons. The van der Waals surface area contributed by atoms with E-state index in [0.29, 0.717) is 6.54 Å². The number of hydrogen-bond acceptors (Lipinski definition) is 3. The molecule has 4 aromatic rings. The highest BCUT2D eigenvalue weighted by molar-refractivity contribution is 6.06. The summed E-state index contributed by atoms with van der Waals surface area (Å²) in [5.74, 6) is 0.264. The van der Waals surface area contributed by atoms with E-state index in [1.54, 1.807) is 6.07 Å². The van der Waals surface area contributed by atoms with Gasteiger partial charge in [-0.25, -0.2) is 0 Å². The highest BCUT2D eigenvalue weighted by Crippen LogP contribution is 2.28. The molecule has 0 bridgehead atoms. The lowest BCUT2D eigenvalue weighted by molar-refractivity contribution is 0.471. The van der Waals surface area contributed by atoms with Crippen LogP contribution >= 0.6 is 0 Å². The summed E-state index contributed by atoms with van der Waals surface area (Å²) in [5, 5.41) is 12.7. The van der Waals surface area contributed by atoms with E-state index in [2.05, 4.69) is 62.2 Å². The van der Waals surface area contributed by atoms with Crippen LogP contribution in [-0.4, -0.2) is 15.8 Å². The summed E-state index contributed by atoms with van der Waals surface area (Å²) in [4.78, 5) is 9.56. The molecule has 0 aliphatic carbocycles. The second-order valence-corrected chi connectivity index (χ2v) is 8.55. The van der Waals surface area contributed by atoms with Crippen LogP contribution in [-0.2, 0) is 6.54 Å². The van der Waals surface area contributed by atoms with Crippen LogP contribution in [0.25, 0.3) is 22.0 Å². The minimum absolute atomic E-state index is 0.184. The first-order valence-electron chi connectivity index (χ1n) is 10.2. The van der Waals surface area contributed by atoms with Crippen LogP contribution in [0.1, 0.15) is 31.9 Å². The summed E-state index contributed by atoms with van der Waals surface area (Å²) in [6.07, 6.45) is 1.92. The van der Waals surface area contributed by atoms with Gasteiger partial charge in [0.05, 0.1) is 18.0 Å². The van der Waals surface area contributed by atoms with Gasteiger partial charge in [-0.2, -0.15) is 0 Å². The molecule has 3 heteroatoms. The minimum atomic E-state index is -0.184. The van der Waals surface area contributed by atoms with Gasteiger partial charge in [-0.05, 0) is 35.2 Å². The van der Waals surface area contributed by atoms with E-state index in [4.69, 9.17) is 4.99 Å². The number of phenolic OH excluding ortho intramolecular Hbond substituents is 1. The number of benzene rings is 3. The smallest absolute Gasteiger partial charge is 0.124 e. The van der Waals surface area contributed by atoms with E-state index in [1.165, 1.54) is 5.39 Å². The van der Waals surface area contributed by atoms with E-state index in [1.807, 2.05) is 42.6 Å². The molecular formula is C27H26N2O. The Morgan fingerprint density at radius 3 is 2.37 bits per heavy atom. The van der Waals surface area contributed by atoms with Gasteiger partial charge in [0.15, 0.2) is 0 Å². The van der Waals surface area contributed by atoms with E-state index in [-0.39, 0.29) is 11.2 Å². The lowest BCUT2D eigenvalue weighted by Crippen LogP contribution is -2.22. The number of aliphatic imine (C=N–C) groups is 1. The normalized spacial score (nSPS) is 12.3. The van der Waals surface area contributed by atoms with Gasteiger partial charge in [-0.15, -0.1) is 0 Å². The van der Waals surface area contributed by atoms with E-state index < -0.39 is 0 Å². The number of nitrogens with zero attached hydrogens (tertiary/aromatic N) is 2. The van der Waals surface area contributed by atoms with Crippen molar-refractivity contribution in [3.63, 3.8) is 0 Å². The first-order chi connectivity index (χ1) is 14.4. The number of phenols is 1. The molecule has 0 unspecified atom stereocenters.